The number of aryl methyl sites for hydroxylation is 1. The Kier molecular flexibility index (Phi) is 4.93. The first-order valence-corrected chi connectivity index (χ1v) is 10.3. The molecule has 0 radical (unpaired) electrons. The molecule has 0 bridgehead atoms. The molecule has 8 nitrogen and oxygen atoms in total. The lowest BCUT2D eigenvalue weighted by atomic mass is 9.78. The molecule has 2 aromatic rings. The van der Waals surface area contributed by atoms with Gasteiger partial charge in [-0.25, -0.2) is 9.18 Å². The monoisotopic (exact) mass is 419 g/mol. The minimum Gasteiger partial charge on any atom is -0.383 e. The van der Waals surface area contributed by atoms with Crippen LogP contribution >= 0.6 is 0 Å². The van der Waals surface area contributed by atoms with Gasteiger partial charge in [0.2, 0.25) is 0 Å². The fourth-order valence-electron chi connectivity index (χ4n) is 5.07. The van der Waals surface area contributed by atoms with Crippen molar-refractivity contribution in [3.63, 3.8) is 0 Å². The Morgan fingerprint density at radius 3 is 2.60 bits per heavy atom. The molecule has 164 valence electrons. The SMILES string of the molecule is COC[C@H](N)[C@H]1CN(c2c(F)cc3c(=O)n(N)c(=O)n(C4CC4)c3c2C)CC1(C)C. The van der Waals surface area contributed by atoms with Gasteiger partial charge in [-0.05, 0) is 31.2 Å². The Morgan fingerprint density at radius 1 is 1.33 bits per heavy atom. The minimum absolute atomic E-state index is 0.00898. The van der Waals surface area contributed by atoms with Crippen molar-refractivity contribution in [1.82, 2.24) is 9.24 Å². The highest BCUT2D eigenvalue weighted by Crippen LogP contribution is 2.43. The number of halogens is 1. The standard InChI is InChI=1S/C21H30FN5O3/c1-11-17-13(19(28)27(24)20(29)26(17)12-5-6-12)7-15(22)18(11)25-8-14(16(23)9-30-4)21(2,3)10-25/h7,12,14,16H,5-6,8-10,23-24H2,1-4H3/t14-,16+/m1/s1. The number of rotatable bonds is 5. The zero-order valence-corrected chi connectivity index (χ0v) is 17.9. The van der Waals surface area contributed by atoms with E-state index in [4.69, 9.17) is 16.3 Å². The van der Waals surface area contributed by atoms with E-state index in [-0.39, 0.29) is 28.8 Å². The van der Waals surface area contributed by atoms with Gasteiger partial charge in [-0.1, -0.05) is 13.8 Å². The third kappa shape index (κ3) is 3.11. The fourth-order valence-corrected chi connectivity index (χ4v) is 5.07. The van der Waals surface area contributed by atoms with Gasteiger partial charge >= 0.3 is 5.69 Å². The highest BCUT2D eigenvalue weighted by Gasteiger charge is 2.44. The number of benzene rings is 1. The van der Waals surface area contributed by atoms with Crippen LogP contribution in [0.2, 0.25) is 0 Å². The fraction of sp³-hybridized carbons (Fsp3) is 0.619. The predicted octanol–water partition coefficient (Wildman–Crippen LogP) is 1.10. The number of ether oxygens (including phenoxy) is 1. The molecule has 9 heteroatoms. The van der Waals surface area contributed by atoms with E-state index in [0.717, 1.165) is 12.8 Å². The third-order valence-corrected chi connectivity index (χ3v) is 6.69. The lowest BCUT2D eigenvalue weighted by Gasteiger charge is -2.29. The lowest BCUT2D eigenvalue weighted by molar-refractivity contribution is 0.130. The number of methoxy groups -OCH3 is 1. The maximum Gasteiger partial charge on any atom is 0.350 e. The van der Waals surface area contributed by atoms with Crippen LogP contribution in [0.25, 0.3) is 10.9 Å². The van der Waals surface area contributed by atoms with Crippen LogP contribution in [0.1, 0.15) is 38.3 Å². The average molecular weight is 420 g/mol. The molecule has 30 heavy (non-hydrogen) atoms. The van der Waals surface area contributed by atoms with Crippen molar-refractivity contribution in [2.75, 3.05) is 37.5 Å². The van der Waals surface area contributed by atoms with E-state index in [0.29, 0.717) is 41.1 Å². The van der Waals surface area contributed by atoms with Crippen LogP contribution in [0.15, 0.2) is 15.7 Å². The molecule has 2 aliphatic rings. The maximum atomic E-state index is 15.3. The highest BCUT2D eigenvalue weighted by molar-refractivity contribution is 5.87. The van der Waals surface area contributed by atoms with E-state index in [1.807, 2.05) is 4.90 Å². The second-order valence-corrected chi connectivity index (χ2v) is 9.38. The van der Waals surface area contributed by atoms with Gasteiger partial charge in [0, 0.05) is 43.8 Å². The largest absolute Gasteiger partial charge is 0.383 e. The number of nitrogens with zero attached hydrogens (tertiary/aromatic N) is 3. The van der Waals surface area contributed by atoms with Crippen molar-refractivity contribution < 1.29 is 9.13 Å². The van der Waals surface area contributed by atoms with Gasteiger partial charge in [-0.3, -0.25) is 9.36 Å². The summed E-state index contributed by atoms with van der Waals surface area (Å²) in [4.78, 5) is 27.3. The Hall–Kier alpha value is -2.39. The number of nitrogen functional groups attached to an aromatic ring is 1. The summed E-state index contributed by atoms with van der Waals surface area (Å²) in [5.74, 6) is 5.32. The summed E-state index contributed by atoms with van der Waals surface area (Å²) >= 11 is 0. The van der Waals surface area contributed by atoms with Crippen LogP contribution in [0.5, 0.6) is 0 Å². The number of fused-ring (bicyclic) bond motifs is 1. The number of anilines is 1. The van der Waals surface area contributed by atoms with Crippen molar-refractivity contribution in [2.45, 2.75) is 45.7 Å². The summed E-state index contributed by atoms with van der Waals surface area (Å²) in [6.45, 7) is 7.62. The molecule has 1 aliphatic heterocycles. The minimum atomic E-state index is -0.679. The molecule has 0 amide bonds. The molecule has 1 saturated carbocycles. The van der Waals surface area contributed by atoms with E-state index >= 15 is 4.39 Å². The highest BCUT2D eigenvalue weighted by atomic mass is 19.1. The molecule has 1 aromatic carbocycles. The van der Waals surface area contributed by atoms with Gasteiger partial charge in [-0.15, -0.1) is 0 Å². The molecule has 4 rings (SSSR count). The van der Waals surface area contributed by atoms with E-state index < -0.39 is 17.1 Å². The molecular formula is C21H30FN5O3. The average Bonchev–Trinajstić information content (AvgIpc) is 3.44. The van der Waals surface area contributed by atoms with Crippen LogP contribution in [-0.4, -0.2) is 42.1 Å². The summed E-state index contributed by atoms with van der Waals surface area (Å²) in [5, 5.41) is 0.133. The molecule has 4 N–H and O–H groups in total. The van der Waals surface area contributed by atoms with Crippen molar-refractivity contribution in [3.05, 3.63) is 38.3 Å². The molecule has 2 atom stereocenters. The third-order valence-electron chi connectivity index (χ3n) is 6.69. The molecule has 1 saturated heterocycles. The van der Waals surface area contributed by atoms with Crippen molar-refractivity contribution >= 4 is 16.6 Å². The zero-order chi connectivity index (χ0) is 22.0. The molecule has 2 heterocycles. The lowest BCUT2D eigenvalue weighted by Crippen LogP contribution is -2.44. The van der Waals surface area contributed by atoms with E-state index in [2.05, 4.69) is 13.8 Å². The zero-order valence-electron chi connectivity index (χ0n) is 17.9. The van der Waals surface area contributed by atoms with Gasteiger partial charge in [0.25, 0.3) is 5.56 Å². The van der Waals surface area contributed by atoms with Crippen LogP contribution in [0.4, 0.5) is 10.1 Å². The smallest absolute Gasteiger partial charge is 0.350 e. The van der Waals surface area contributed by atoms with E-state index in [9.17, 15) is 9.59 Å². The molecule has 1 aliphatic carbocycles. The Bertz CT molecular complexity index is 1120. The van der Waals surface area contributed by atoms with Crippen molar-refractivity contribution in [3.8, 4) is 0 Å². The second kappa shape index (κ2) is 7.09. The summed E-state index contributed by atoms with van der Waals surface area (Å²) in [6.07, 6.45) is 1.67. The second-order valence-electron chi connectivity index (χ2n) is 9.38. The molecule has 2 fully saturated rings. The maximum absolute atomic E-state index is 15.3. The number of hydrogen-bond donors (Lipinski definition) is 2. The first-order chi connectivity index (χ1) is 14.1. The van der Waals surface area contributed by atoms with E-state index in [1.165, 1.54) is 6.07 Å². The molecule has 0 unspecified atom stereocenters. The van der Waals surface area contributed by atoms with Gasteiger partial charge < -0.3 is 21.2 Å². The van der Waals surface area contributed by atoms with Crippen LogP contribution in [0.3, 0.4) is 0 Å². The van der Waals surface area contributed by atoms with Crippen LogP contribution in [0, 0.1) is 24.1 Å². The van der Waals surface area contributed by atoms with Crippen LogP contribution in [-0.2, 0) is 4.74 Å². The Morgan fingerprint density at radius 2 is 2.00 bits per heavy atom. The first kappa shape index (κ1) is 20.9. The summed E-state index contributed by atoms with van der Waals surface area (Å²) in [7, 11) is 1.62. The molecule has 1 aromatic heterocycles. The number of hydrogen-bond acceptors (Lipinski definition) is 6. The van der Waals surface area contributed by atoms with E-state index in [1.54, 1.807) is 18.6 Å². The van der Waals surface area contributed by atoms with Crippen LogP contribution < -0.4 is 27.7 Å². The van der Waals surface area contributed by atoms with Gasteiger partial charge in [0.1, 0.15) is 5.82 Å². The number of aromatic nitrogens is 2. The molecule has 0 spiro atoms. The normalized spacial score (nSPS) is 22.1. The summed E-state index contributed by atoms with van der Waals surface area (Å²) in [5.41, 5.74) is 6.45. The van der Waals surface area contributed by atoms with Gasteiger partial charge in [0.15, 0.2) is 0 Å². The predicted molar refractivity (Wildman–Crippen MR) is 115 cm³/mol. The van der Waals surface area contributed by atoms with Gasteiger partial charge in [0.05, 0.1) is 23.2 Å². The molecular weight excluding hydrogens is 389 g/mol. The summed E-state index contributed by atoms with van der Waals surface area (Å²) in [6, 6.07) is 1.04. The van der Waals surface area contributed by atoms with Gasteiger partial charge in [-0.2, -0.15) is 4.68 Å². The quantitative estimate of drug-likeness (QED) is 0.703. The van der Waals surface area contributed by atoms with Crippen molar-refractivity contribution in [1.29, 1.82) is 0 Å². The Balaban J connectivity index is 1.89. The van der Waals surface area contributed by atoms with Crippen molar-refractivity contribution in [2.24, 2.45) is 17.1 Å². The first-order valence-electron chi connectivity index (χ1n) is 10.3. The number of nitrogens with two attached hydrogens (primary N) is 2. The topological polar surface area (TPSA) is 109 Å². The summed E-state index contributed by atoms with van der Waals surface area (Å²) < 4.78 is 22.7. The Labute approximate surface area is 174 Å².